The molecule has 0 amide bonds. The van der Waals surface area contributed by atoms with Crippen LogP contribution in [0.2, 0.25) is 0 Å². The van der Waals surface area contributed by atoms with Gasteiger partial charge >= 0.3 is 0 Å². The van der Waals surface area contributed by atoms with Gasteiger partial charge in [0.15, 0.2) is 0 Å². The van der Waals surface area contributed by atoms with E-state index in [2.05, 4.69) is 10.6 Å². The van der Waals surface area contributed by atoms with Crippen LogP contribution in [0.25, 0.3) is 0 Å². The van der Waals surface area contributed by atoms with Crippen LogP contribution < -0.4 is 10.6 Å². The molecule has 0 aromatic heterocycles. The summed E-state index contributed by atoms with van der Waals surface area (Å²) in [5, 5.41) is 16.9. The molecule has 19 heavy (non-hydrogen) atoms. The van der Waals surface area contributed by atoms with Gasteiger partial charge in [-0.1, -0.05) is 0 Å². The summed E-state index contributed by atoms with van der Waals surface area (Å²) in [4.78, 5) is 10.2. The fourth-order valence-corrected chi connectivity index (χ4v) is 1.55. The third-order valence-electron chi connectivity index (χ3n) is 2.57. The number of hydrogen-bond donors (Lipinski definition) is 2. The molecular weight excluding hydrogens is 253 g/mol. The van der Waals surface area contributed by atoms with Crippen LogP contribution in [-0.2, 0) is 4.74 Å². The summed E-state index contributed by atoms with van der Waals surface area (Å²) in [5.41, 5.74) is 0.456. The zero-order valence-corrected chi connectivity index (χ0v) is 11.0. The molecule has 0 saturated carbocycles. The first-order valence-electron chi connectivity index (χ1n) is 5.94. The van der Waals surface area contributed by atoms with Crippen molar-refractivity contribution in [2.24, 2.45) is 0 Å². The summed E-state index contributed by atoms with van der Waals surface area (Å²) in [7, 11) is 1.62. The highest BCUT2D eigenvalue weighted by Crippen LogP contribution is 2.27. The molecule has 0 fully saturated rings. The summed E-state index contributed by atoms with van der Waals surface area (Å²) in [6.07, 6.45) is 0. The van der Waals surface area contributed by atoms with Crippen molar-refractivity contribution in [3.8, 4) is 0 Å². The fourth-order valence-electron chi connectivity index (χ4n) is 1.55. The van der Waals surface area contributed by atoms with Gasteiger partial charge in [-0.2, -0.15) is 0 Å². The third kappa shape index (κ3) is 4.80. The molecule has 106 valence electrons. The van der Waals surface area contributed by atoms with E-state index in [1.807, 2.05) is 0 Å². The number of halogens is 1. The van der Waals surface area contributed by atoms with Crippen molar-refractivity contribution in [2.75, 3.05) is 38.7 Å². The lowest BCUT2D eigenvalue weighted by Crippen LogP contribution is -2.25. The van der Waals surface area contributed by atoms with Crippen molar-refractivity contribution in [2.45, 2.75) is 6.92 Å². The van der Waals surface area contributed by atoms with Gasteiger partial charge in [-0.3, -0.25) is 10.1 Å². The molecule has 1 aromatic carbocycles. The van der Waals surface area contributed by atoms with Crippen molar-refractivity contribution in [1.29, 1.82) is 0 Å². The summed E-state index contributed by atoms with van der Waals surface area (Å²) >= 11 is 0. The van der Waals surface area contributed by atoms with Crippen molar-refractivity contribution >= 4 is 11.4 Å². The standard InChI is InChI=1S/C12H18FN3O3/c1-9-7-11(12(16(17)18)8-10(9)13)15-4-3-14-5-6-19-2/h7-8,14-15H,3-6H2,1-2H3. The molecular formula is C12H18FN3O3. The van der Waals surface area contributed by atoms with E-state index in [0.717, 1.165) is 6.07 Å². The SMILES string of the molecule is COCCNCCNc1cc(C)c(F)cc1[N+](=O)[O-]. The lowest BCUT2D eigenvalue weighted by Gasteiger charge is -2.09. The van der Waals surface area contributed by atoms with E-state index in [1.54, 1.807) is 14.0 Å². The van der Waals surface area contributed by atoms with Crippen molar-refractivity contribution in [3.05, 3.63) is 33.6 Å². The van der Waals surface area contributed by atoms with Gasteiger partial charge in [0.05, 0.1) is 17.6 Å². The van der Waals surface area contributed by atoms with Gasteiger partial charge in [0, 0.05) is 26.7 Å². The predicted molar refractivity (Wildman–Crippen MR) is 71.0 cm³/mol. The number of nitro groups is 1. The van der Waals surface area contributed by atoms with E-state index in [-0.39, 0.29) is 5.69 Å². The van der Waals surface area contributed by atoms with Gasteiger partial charge in [0.2, 0.25) is 0 Å². The molecule has 1 aromatic rings. The number of aryl methyl sites for hydroxylation is 1. The minimum atomic E-state index is -0.594. The number of nitrogens with zero attached hydrogens (tertiary/aromatic N) is 1. The molecule has 0 atom stereocenters. The number of hydrogen-bond acceptors (Lipinski definition) is 5. The smallest absolute Gasteiger partial charge is 0.295 e. The van der Waals surface area contributed by atoms with Crippen molar-refractivity contribution in [3.63, 3.8) is 0 Å². The van der Waals surface area contributed by atoms with Gasteiger partial charge in [0.25, 0.3) is 5.69 Å². The fraction of sp³-hybridized carbons (Fsp3) is 0.500. The number of rotatable bonds is 8. The molecule has 0 aliphatic rings. The number of ether oxygens (including phenoxy) is 1. The Kier molecular flexibility index (Phi) is 6.17. The van der Waals surface area contributed by atoms with Crippen molar-refractivity contribution < 1.29 is 14.1 Å². The maximum absolute atomic E-state index is 13.3. The minimum absolute atomic E-state index is 0.250. The van der Waals surface area contributed by atoms with E-state index >= 15 is 0 Å². The largest absolute Gasteiger partial charge is 0.383 e. The maximum atomic E-state index is 13.3. The number of methoxy groups -OCH3 is 1. The quantitative estimate of drug-likeness (QED) is 0.427. The number of benzene rings is 1. The maximum Gasteiger partial charge on any atom is 0.295 e. The molecule has 0 aliphatic carbocycles. The molecule has 0 saturated heterocycles. The molecule has 0 heterocycles. The second kappa shape index (κ2) is 7.65. The van der Waals surface area contributed by atoms with E-state index in [4.69, 9.17) is 4.74 Å². The zero-order chi connectivity index (χ0) is 14.3. The number of nitro benzene ring substituents is 1. The second-order valence-electron chi connectivity index (χ2n) is 4.05. The van der Waals surface area contributed by atoms with Crippen LogP contribution in [0.4, 0.5) is 15.8 Å². The Bertz CT molecular complexity index is 440. The average Bonchev–Trinajstić information content (AvgIpc) is 2.37. The molecule has 0 aliphatic heterocycles. The zero-order valence-electron chi connectivity index (χ0n) is 11.0. The monoisotopic (exact) mass is 271 g/mol. The molecule has 0 unspecified atom stereocenters. The third-order valence-corrected chi connectivity index (χ3v) is 2.57. The first kappa shape index (κ1) is 15.3. The molecule has 0 spiro atoms. The highest BCUT2D eigenvalue weighted by molar-refractivity contribution is 5.63. The van der Waals surface area contributed by atoms with E-state index in [9.17, 15) is 14.5 Å². The lowest BCUT2D eigenvalue weighted by molar-refractivity contribution is -0.384. The highest BCUT2D eigenvalue weighted by atomic mass is 19.1. The Morgan fingerprint density at radius 3 is 2.74 bits per heavy atom. The van der Waals surface area contributed by atoms with Gasteiger partial charge < -0.3 is 15.4 Å². The Morgan fingerprint density at radius 2 is 2.11 bits per heavy atom. The van der Waals surface area contributed by atoms with Crippen LogP contribution >= 0.6 is 0 Å². The Morgan fingerprint density at radius 1 is 1.37 bits per heavy atom. The summed E-state index contributed by atoms with van der Waals surface area (Å²) in [6, 6.07) is 2.39. The van der Waals surface area contributed by atoms with Crippen LogP contribution in [0.15, 0.2) is 12.1 Å². The predicted octanol–water partition coefficient (Wildman–Crippen LogP) is 1.69. The van der Waals surface area contributed by atoms with Gasteiger partial charge in [-0.25, -0.2) is 4.39 Å². The van der Waals surface area contributed by atoms with Crippen molar-refractivity contribution in [1.82, 2.24) is 5.32 Å². The molecule has 0 bridgehead atoms. The first-order valence-corrected chi connectivity index (χ1v) is 5.94. The molecule has 7 heteroatoms. The Balaban J connectivity index is 2.57. The topological polar surface area (TPSA) is 76.4 Å². The van der Waals surface area contributed by atoms with E-state index < -0.39 is 10.7 Å². The van der Waals surface area contributed by atoms with Crippen LogP contribution in [0.3, 0.4) is 0 Å². The van der Waals surface area contributed by atoms with Gasteiger partial charge in [0.1, 0.15) is 11.5 Å². The normalized spacial score (nSPS) is 10.5. The van der Waals surface area contributed by atoms with Gasteiger partial charge in [-0.15, -0.1) is 0 Å². The molecule has 1 rings (SSSR count). The summed E-state index contributed by atoms with van der Waals surface area (Å²) in [6.45, 7) is 4.03. The lowest BCUT2D eigenvalue weighted by atomic mass is 10.2. The van der Waals surface area contributed by atoms with E-state index in [1.165, 1.54) is 6.07 Å². The summed E-state index contributed by atoms with van der Waals surface area (Å²) in [5.74, 6) is -0.574. The number of anilines is 1. The molecule has 0 radical (unpaired) electrons. The average molecular weight is 271 g/mol. The van der Waals surface area contributed by atoms with Crippen LogP contribution in [0.5, 0.6) is 0 Å². The molecule has 6 nitrogen and oxygen atoms in total. The molecule has 2 N–H and O–H groups in total. The van der Waals surface area contributed by atoms with Gasteiger partial charge in [-0.05, 0) is 18.6 Å². The Labute approximate surface area is 111 Å². The second-order valence-corrected chi connectivity index (χ2v) is 4.05. The minimum Gasteiger partial charge on any atom is -0.383 e. The highest BCUT2D eigenvalue weighted by Gasteiger charge is 2.16. The first-order chi connectivity index (χ1) is 9.06. The van der Waals surface area contributed by atoms with Crippen LogP contribution in [0, 0.1) is 22.9 Å². The summed E-state index contributed by atoms with van der Waals surface area (Å²) < 4.78 is 18.2. The van der Waals surface area contributed by atoms with Crippen LogP contribution in [0.1, 0.15) is 5.56 Å². The Hall–Kier alpha value is -1.73. The number of nitrogens with one attached hydrogen (secondary N) is 2. The van der Waals surface area contributed by atoms with Crippen LogP contribution in [-0.4, -0.2) is 38.3 Å². The van der Waals surface area contributed by atoms with E-state index in [0.29, 0.717) is 37.5 Å².